The lowest BCUT2D eigenvalue weighted by Crippen LogP contribution is -2.17. The summed E-state index contributed by atoms with van der Waals surface area (Å²) in [7, 11) is 1.44. The van der Waals surface area contributed by atoms with Gasteiger partial charge in [0, 0.05) is 10.4 Å². The lowest BCUT2D eigenvalue weighted by Gasteiger charge is -2.12. The molecule has 4 aromatic rings. The number of hydrogen-bond donors (Lipinski definition) is 1. The highest BCUT2D eigenvalue weighted by Gasteiger charge is 2.37. The van der Waals surface area contributed by atoms with Crippen molar-refractivity contribution < 1.29 is 32.2 Å². The number of aryl methyl sites for hydroxylation is 1. The molecule has 0 bridgehead atoms. The molecule has 0 radical (unpaired) electrons. The minimum atomic E-state index is -4.83. The normalized spacial score (nSPS) is 13.2. The molecule has 1 N–H and O–H groups in total. The van der Waals surface area contributed by atoms with Crippen molar-refractivity contribution in [1.29, 1.82) is 0 Å². The number of nitrogens with one attached hydrogen (secondary N) is 1. The Morgan fingerprint density at radius 3 is 2.70 bits per heavy atom. The monoisotopic (exact) mass is 592 g/mol. The number of benzene rings is 1. The third kappa shape index (κ3) is 5.25. The number of aromatic nitrogens is 3. The number of halogens is 4. The molecule has 0 spiro atoms. The van der Waals surface area contributed by atoms with Crippen LogP contribution >= 0.6 is 22.9 Å². The molecule has 3 heterocycles. The molecule has 0 fully saturated rings. The molecule has 0 aliphatic heterocycles. The van der Waals surface area contributed by atoms with Gasteiger partial charge in [0.1, 0.15) is 15.8 Å². The van der Waals surface area contributed by atoms with Crippen molar-refractivity contribution in [2.75, 3.05) is 19.0 Å². The number of nitrogens with zero attached hydrogens (tertiary/aromatic N) is 3. The summed E-state index contributed by atoms with van der Waals surface area (Å²) >= 11 is 7.70. The summed E-state index contributed by atoms with van der Waals surface area (Å²) in [5, 5.41) is 6.46. The topological polar surface area (TPSA) is 94.8 Å². The zero-order chi connectivity index (χ0) is 28.6. The molecule has 0 atom stereocenters. The van der Waals surface area contributed by atoms with Crippen LogP contribution in [0.15, 0.2) is 30.3 Å². The molecular formula is C27H24ClF3N4O4S. The molecule has 0 saturated heterocycles. The van der Waals surface area contributed by atoms with Gasteiger partial charge in [0.2, 0.25) is 0 Å². The molecule has 13 heteroatoms. The highest BCUT2D eigenvalue weighted by molar-refractivity contribution is 7.17. The molecule has 40 heavy (non-hydrogen) atoms. The third-order valence-corrected chi connectivity index (χ3v) is 8.00. The summed E-state index contributed by atoms with van der Waals surface area (Å²) < 4.78 is 53.4. The average Bonchev–Trinajstić information content (AvgIpc) is 3.47. The van der Waals surface area contributed by atoms with E-state index in [0.717, 1.165) is 35.8 Å². The molecule has 0 unspecified atom stereocenters. The maximum Gasteiger partial charge on any atom is 0.433 e. The van der Waals surface area contributed by atoms with E-state index in [2.05, 4.69) is 15.4 Å². The number of anilines is 1. The van der Waals surface area contributed by atoms with E-state index < -0.39 is 29.4 Å². The quantitative estimate of drug-likeness (QED) is 0.236. The van der Waals surface area contributed by atoms with Crippen LogP contribution in [-0.2, 0) is 23.8 Å². The van der Waals surface area contributed by atoms with Gasteiger partial charge in [-0.05, 0) is 55.9 Å². The average molecular weight is 593 g/mol. The van der Waals surface area contributed by atoms with Crippen molar-refractivity contribution in [3.63, 3.8) is 0 Å². The van der Waals surface area contributed by atoms with Crippen molar-refractivity contribution in [2.45, 2.75) is 45.2 Å². The molecule has 1 aliphatic rings. The van der Waals surface area contributed by atoms with Gasteiger partial charge in [0.25, 0.3) is 5.91 Å². The van der Waals surface area contributed by atoms with E-state index in [9.17, 15) is 22.8 Å². The Bertz CT molecular complexity index is 1620. The summed E-state index contributed by atoms with van der Waals surface area (Å²) in [4.78, 5) is 31.5. The van der Waals surface area contributed by atoms with Crippen LogP contribution in [0.2, 0.25) is 5.02 Å². The number of ether oxygens (including phenoxy) is 2. The Morgan fingerprint density at radius 1 is 1.20 bits per heavy atom. The third-order valence-electron chi connectivity index (χ3n) is 6.44. The second-order valence-electron chi connectivity index (χ2n) is 9.16. The maximum atomic E-state index is 14.1. The van der Waals surface area contributed by atoms with Gasteiger partial charge in [-0.1, -0.05) is 30.7 Å². The lowest BCUT2D eigenvalue weighted by atomic mass is 9.95. The Hall–Kier alpha value is -3.64. The van der Waals surface area contributed by atoms with Crippen LogP contribution in [0.1, 0.15) is 63.2 Å². The van der Waals surface area contributed by atoms with Crippen LogP contribution in [-0.4, -0.2) is 40.2 Å². The number of carbonyl (C=O) groups is 2. The van der Waals surface area contributed by atoms with Crippen LogP contribution in [0.3, 0.4) is 0 Å². The van der Waals surface area contributed by atoms with Crippen LogP contribution in [0.25, 0.3) is 16.9 Å². The van der Waals surface area contributed by atoms with Gasteiger partial charge in [-0.15, -0.1) is 11.3 Å². The second-order valence-corrected chi connectivity index (χ2v) is 10.6. The van der Waals surface area contributed by atoms with Crippen molar-refractivity contribution in [2.24, 2.45) is 0 Å². The molecule has 1 aliphatic carbocycles. The van der Waals surface area contributed by atoms with E-state index in [0.29, 0.717) is 28.7 Å². The highest BCUT2D eigenvalue weighted by Crippen LogP contribution is 2.40. The van der Waals surface area contributed by atoms with Crippen molar-refractivity contribution in [3.8, 4) is 17.0 Å². The summed E-state index contributed by atoms with van der Waals surface area (Å²) in [6, 6.07) is 7.22. The maximum absolute atomic E-state index is 14.1. The summed E-state index contributed by atoms with van der Waals surface area (Å²) in [6.45, 7) is 2.09. The number of alkyl halides is 3. The van der Waals surface area contributed by atoms with E-state index in [-0.39, 0.29) is 33.5 Å². The number of hydrogen-bond acceptors (Lipinski definition) is 7. The van der Waals surface area contributed by atoms with Crippen LogP contribution in [0.5, 0.6) is 5.75 Å². The summed E-state index contributed by atoms with van der Waals surface area (Å²) in [6.07, 6.45) is -0.941. The first-order valence-electron chi connectivity index (χ1n) is 12.6. The van der Waals surface area contributed by atoms with E-state index in [1.807, 2.05) is 6.92 Å². The van der Waals surface area contributed by atoms with Gasteiger partial charge in [-0.2, -0.15) is 18.3 Å². The number of thiophene rings is 1. The molecule has 0 saturated carbocycles. The smallest absolute Gasteiger partial charge is 0.433 e. The van der Waals surface area contributed by atoms with Crippen molar-refractivity contribution in [1.82, 2.24) is 14.6 Å². The first kappa shape index (κ1) is 27.9. The zero-order valence-corrected chi connectivity index (χ0v) is 23.1. The highest BCUT2D eigenvalue weighted by atomic mass is 35.5. The van der Waals surface area contributed by atoms with E-state index in [1.165, 1.54) is 24.5 Å². The number of methoxy groups -OCH3 is 1. The van der Waals surface area contributed by atoms with Gasteiger partial charge in [-0.3, -0.25) is 4.79 Å². The summed E-state index contributed by atoms with van der Waals surface area (Å²) in [5.41, 5.74) is -0.524. The van der Waals surface area contributed by atoms with Gasteiger partial charge >= 0.3 is 12.1 Å². The molecule has 1 amide bonds. The number of esters is 1. The van der Waals surface area contributed by atoms with E-state index in [1.54, 1.807) is 18.2 Å². The van der Waals surface area contributed by atoms with E-state index in [4.69, 9.17) is 21.1 Å². The molecule has 210 valence electrons. The first-order chi connectivity index (χ1) is 19.1. The van der Waals surface area contributed by atoms with Gasteiger partial charge in [-0.25, -0.2) is 14.3 Å². The number of rotatable bonds is 7. The number of fused-ring (bicyclic) bond motifs is 2. The molecular weight excluding hydrogens is 569 g/mol. The molecule has 8 nitrogen and oxygen atoms in total. The van der Waals surface area contributed by atoms with Crippen molar-refractivity contribution >= 4 is 45.5 Å². The molecule has 1 aromatic carbocycles. The predicted molar refractivity (Wildman–Crippen MR) is 144 cm³/mol. The largest absolute Gasteiger partial charge is 0.497 e. The fourth-order valence-corrected chi connectivity index (χ4v) is 6.09. The molecule has 3 aromatic heterocycles. The Balaban J connectivity index is 1.57. The van der Waals surface area contributed by atoms with E-state index >= 15 is 0 Å². The fourth-order valence-electron chi connectivity index (χ4n) is 4.57. The SMILES string of the molecule is CCCOC(=O)c1c(NC(=O)c2nn3c(C(F)(F)F)cc(-c4cccc(OC)c4)nc3c2Cl)sc2c1CCCC2. The molecule has 5 rings (SSSR count). The van der Waals surface area contributed by atoms with Crippen LogP contribution < -0.4 is 10.1 Å². The minimum absolute atomic E-state index is 0.0284. The Kier molecular flexibility index (Phi) is 7.74. The lowest BCUT2D eigenvalue weighted by molar-refractivity contribution is -0.142. The fraction of sp³-hybridized carbons (Fsp3) is 0.333. The van der Waals surface area contributed by atoms with Gasteiger partial charge in [0.05, 0.1) is 25.0 Å². The number of carbonyl (C=O) groups excluding carboxylic acids is 2. The zero-order valence-electron chi connectivity index (χ0n) is 21.5. The van der Waals surface area contributed by atoms with Gasteiger partial charge < -0.3 is 14.8 Å². The van der Waals surface area contributed by atoms with Crippen LogP contribution in [0, 0.1) is 0 Å². The number of amides is 1. The summed E-state index contributed by atoms with van der Waals surface area (Å²) in [5.74, 6) is -0.990. The Morgan fingerprint density at radius 2 is 1.98 bits per heavy atom. The van der Waals surface area contributed by atoms with Gasteiger partial charge in [0.15, 0.2) is 17.0 Å². The van der Waals surface area contributed by atoms with Crippen molar-refractivity contribution in [3.05, 3.63) is 62.7 Å². The Labute approximate surface area is 236 Å². The van der Waals surface area contributed by atoms with Crippen LogP contribution in [0.4, 0.5) is 18.2 Å². The standard InChI is InChI=1S/C27H24ClF3N4O4S/c1-3-11-39-26(37)20-16-9-4-5-10-18(16)40-25(20)33-24(36)22-21(28)23-32-17(14-7-6-8-15(12-14)38-2)13-19(27(29,30)31)35(23)34-22/h6-8,12-13H,3-5,9-11H2,1-2H3,(H,33,36). The minimum Gasteiger partial charge on any atom is -0.497 e. The predicted octanol–water partition coefficient (Wildman–Crippen LogP) is 6.84. The second kappa shape index (κ2) is 11.1. The first-order valence-corrected chi connectivity index (χ1v) is 13.8.